The summed E-state index contributed by atoms with van der Waals surface area (Å²) >= 11 is 5.90. The Morgan fingerprint density at radius 1 is 1.11 bits per heavy atom. The third-order valence-electron chi connectivity index (χ3n) is 8.55. The molecule has 5 aliphatic rings. The average Bonchev–Trinajstić information content (AvgIpc) is 2.84. The van der Waals surface area contributed by atoms with Crippen molar-refractivity contribution in [3.63, 3.8) is 0 Å². The molecule has 6 unspecified atom stereocenters. The molecule has 4 N–H and O–H groups in total. The summed E-state index contributed by atoms with van der Waals surface area (Å²) in [6.45, 7) is -2.33. The van der Waals surface area contributed by atoms with Gasteiger partial charge in [-0.2, -0.15) is 8.78 Å². The van der Waals surface area contributed by atoms with E-state index in [4.69, 9.17) is 16.3 Å². The van der Waals surface area contributed by atoms with Crippen LogP contribution >= 0.6 is 11.6 Å². The monoisotopic (exact) mass is 539 g/mol. The summed E-state index contributed by atoms with van der Waals surface area (Å²) < 4.78 is 48.7. The van der Waals surface area contributed by atoms with Crippen LogP contribution < -0.4 is 16.0 Å². The number of rotatable bonds is 9. The summed E-state index contributed by atoms with van der Waals surface area (Å²) in [5.74, 6) is -0.511. The molecular formula is C24H37ClF3N3O5. The van der Waals surface area contributed by atoms with E-state index < -0.39 is 41.3 Å². The van der Waals surface area contributed by atoms with Crippen molar-refractivity contribution in [1.29, 1.82) is 0 Å². The van der Waals surface area contributed by atoms with Gasteiger partial charge in [0.25, 0.3) is 0 Å². The summed E-state index contributed by atoms with van der Waals surface area (Å²) in [5, 5.41) is 19.5. The van der Waals surface area contributed by atoms with Gasteiger partial charge in [-0.3, -0.25) is 9.59 Å². The number of aliphatic hydroxyl groups is 1. The maximum Gasteiger partial charge on any atom is 0.345 e. The normalized spacial score (nSPS) is 40.7. The molecule has 1 heterocycles. The van der Waals surface area contributed by atoms with Gasteiger partial charge in [-0.15, -0.1) is 11.6 Å². The Labute approximate surface area is 214 Å². The second-order valence-electron chi connectivity index (χ2n) is 10.9. The van der Waals surface area contributed by atoms with Crippen molar-refractivity contribution in [3.05, 3.63) is 0 Å². The molecule has 2 amide bonds. The maximum absolute atomic E-state index is 13.8. The lowest BCUT2D eigenvalue weighted by Crippen LogP contribution is -2.66. The van der Waals surface area contributed by atoms with E-state index in [1.165, 1.54) is 0 Å². The SMILES string of the molecule is O=C(COC1CCC(Cl)C(F)C1)NC12CCC(C(=O)NCC3CCC(OC(F)F)CN3)(CC1)C(O)C2. The Morgan fingerprint density at radius 2 is 1.83 bits per heavy atom. The quantitative estimate of drug-likeness (QED) is 0.334. The highest BCUT2D eigenvalue weighted by molar-refractivity contribution is 6.21. The van der Waals surface area contributed by atoms with Gasteiger partial charge in [0.1, 0.15) is 12.8 Å². The molecule has 0 aromatic heterocycles. The number of halogens is 4. The Balaban J connectivity index is 1.20. The van der Waals surface area contributed by atoms with Gasteiger partial charge in [0, 0.05) is 31.1 Å². The van der Waals surface area contributed by atoms with Crippen LogP contribution in [-0.2, 0) is 19.1 Å². The van der Waals surface area contributed by atoms with E-state index in [-0.39, 0.29) is 43.4 Å². The van der Waals surface area contributed by atoms with Crippen LogP contribution in [0.1, 0.15) is 64.2 Å². The molecule has 1 saturated heterocycles. The van der Waals surface area contributed by atoms with E-state index in [9.17, 15) is 27.9 Å². The van der Waals surface area contributed by atoms with Crippen molar-refractivity contribution in [2.24, 2.45) is 5.41 Å². The molecule has 36 heavy (non-hydrogen) atoms. The maximum atomic E-state index is 13.8. The first-order valence-electron chi connectivity index (χ1n) is 12.9. The number of fused-ring (bicyclic) bond motifs is 3. The Hall–Kier alpha value is -1.14. The minimum absolute atomic E-state index is 0.0438. The molecule has 8 nitrogen and oxygen atoms in total. The van der Waals surface area contributed by atoms with Crippen molar-refractivity contribution in [2.75, 3.05) is 19.7 Å². The first-order valence-corrected chi connectivity index (χ1v) is 13.4. The molecule has 12 heteroatoms. The summed E-state index contributed by atoms with van der Waals surface area (Å²) in [5.41, 5.74) is -1.47. The molecule has 4 saturated carbocycles. The van der Waals surface area contributed by atoms with Gasteiger partial charge in [0.2, 0.25) is 11.8 Å². The summed E-state index contributed by atoms with van der Waals surface area (Å²) in [6, 6.07) is -0.0438. The van der Waals surface area contributed by atoms with Crippen molar-refractivity contribution in [2.45, 2.75) is 112 Å². The first kappa shape index (κ1) is 27.9. The second kappa shape index (κ2) is 11.7. The fraction of sp³-hybridized carbons (Fsp3) is 0.917. The Kier molecular flexibility index (Phi) is 9.08. The van der Waals surface area contributed by atoms with Crippen LogP contribution in [0.25, 0.3) is 0 Å². The number of nitrogens with one attached hydrogen (secondary N) is 3. The number of aliphatic hydroxyl groups excluding tert-OH is 1. The summed E-state index contributed by atoms with van der Waals surface area (Å²) in [4.78, 5) is 25.7. The molecule has 0 aromatic rings. The predicted molar refractivity (Wildman–Crippen MR) is 125 cm³/mol. The van der Waals surface area contributed by atoms with Crippen molar-refractivity contribution >= 4 is 23.4 Å². The van der Waals surface area contributed by atoms with Crippen LogP contribution in [0, 0.1) is 5.41 Å². The zero-order chi connectivity index (χ0) is 25.9. The van der Waals surface area contributed by atoms with Gasteiger partial charge in [0.05, 0.1) is 29.1 Å². The molecule has 206 valence electrons. The van der Waals surface area contributed by atoms with Crippen molar-refractivity contribution in [1.82, 2.24) is 16.0 Å². The highest BCUT2D eigenvalue weighted by atomic mass is 35.5. The number of hydrogen-bond acceptors (Lipinski definition) is 6. The average molecular weight is 540 g/mol. The lowest BCUT2D eigenvalue weighted by atomic mass is 9.55. The van der Waals surface area contributed by atoms with Crippen LogP contribution in [0.5, 0.6) is 0 Å². The third-order valence-corrected chi connectivity index (χ3v) is 9.04. The summed E-state index contributed by atoms with van der Waals surface area (Å²) in [7, 11) is 0. The molecular weight excluding hydrogens is 503 g/mol. The van der Waals surface area contributed by atoms with E-state index >= 15 is 0 Å². The highest BCUT2D eigenvalue weighted by Gasteiger charge is 2.58. The van der Waals surface area contributed by atoms with Crippen LogP contribution in [0.3, 0.4) is 0 Å². The summed E-state index contributed by atoms with van der Waals surface area (Å²) in [6.07, 6.45) is 1.83. The van der Waals surface area contributed by atoms with Crippen LogP contribution in [0.2, 0.25) is 0 Å². The van der Waals surface area contributed by atoms with E-state index in [1.807, 2.05) is 0 Å². The molecule has 6 atom stereocenters. The zero-order valence-electron chi connectivity index (χ0n) is 20.3. The minimum Gasteiger partial charge on any atom is -0.392 e. The van der Waals surface area contributed by atoms with Crippen LogP contribution in [0.15, 0.2) is 0 Å². The standard InChI is InChI=1S/C24H37ClF3N3O5/c25-17-4-3-15(9-18(17)26)35-13-20(33)31-23-5-7-24(8-6-23,19(32)10-23)21(34)30-11-14-1-2-16(12-29-14)36-22(27)28/h14-19,22,29,32H,1-13H2,(H,30,34)(H,31,33). The molecule has 0 spiro atoms. The number of amides is 2. The Bertz CT molecular complexity index is 778. The highest BCUT2D eigenvalue weighted by Crippen LogP contribution is 2.52. The van der Waals surface area contributed by atoms with E-state index in [1.54, 1.807) is 0 Å². The van der Waals surface area contributed by atoms with Crippen molar-refractivity contribution < 1.29 is 37.3 Å². The van der Waals surface area contributed by atoms with Crippen molar-refractivity contribution in [3.8, 4) is 0 Å². The van der Waals surface area contributed by atoms with Gasteiger partial charge in [-0.25, -0.2) is 4.39 Å². The smallest absolute Gasteiger partial charge is 0.345 e. The molecule has 0 radical (unpaired) electrons. The van der Waals surface area contributed by atoms with E-state index in [2.05, 4.69) is 20.7 Å². The number of carbonyl (C=O) groups excluding carboxylic acids is 2. The van der Waals surface area contributed by atoms with E-state index in [0.29, 0.717) is 64.5 Å². The van der Waals surface area contributed by atoms with Gasteiger partial charge in [0.15, 0.2) is 0 Å². The number of ether oxygens (including phenoxy) is 2. The largest absolute Gasteiger partial charge is 0.392 e. The molecule has 5 fully saturated rings. The number of carbonyl (C=O) groups is 2. The van der Waals surface area contributed by atoms with Gasteiger partial charge < -0.3 is 30.5 Å². The molecule has 0 aromatic carbocycles. The zero-order valence-corrected chi connectivity index (χ0v) is 21.1. The van der Waals surface area contributed by atoms with Gasteiger partial charge in [-0.1, -0.05) is 0 Å². The fourth-order valence-corrected chi connectivity index (χ4v) is 6.50. The molecule has 5 rings (SSSR count). The minimum atomic E-state index is -2.80. The predicted octanol–water partition coefficient (Wildman–Crippen LogP) is 2.16. The van der Waals surface area contributed by atoms with Crippen LogP contribution in [-0.4, -0.2) is 84.7 Å². The lowest BCUT2D eigenvalue weighted by molar-refractivity contribution is -0.167. The molecule has 2 bridgehead atoms. The first-order chi connectivity index (χ1) is 17.1. The van der Waals surface area contributed by atoms with E-state index in [0.717, 1.165) is 0 Å². The second-order valence-corrected chi connectivity index (χ2v) is 11.5. The number of piperidine rings is 1. The Morgan fingerprint density at radius 3 is 2.44 bits per heavy atom. The number of hydrogen-bond donors (Lipinski definition) is 4. The lowest BCUT2D eigenvalue weighted by Gasteiger charge is -2.55. The van der Waals surface area contributed by atoms with Gasteiger partial charge in [-0.05, 0) is 57.8 Å². The van der Waals surface area contributed by atoms with Crippen LogP contribution in [0.4, 0.5) is 13.2 Å². The fourth-order valence-electron chi connectivity index (χ4n) is 6.27. The molecule has 1 aliphatic heterocycles. The molecule has 4 aliphatic carbocycles. The van der Waals surface area contributed by atoms with Gasteiger partial charge >= 0.3 is 6.61 Å². The topological polar surface area (TPSA) is 109 Å². The third kappa shape index (κ3) is 6.46. The number of alkyl halides is 4.